The van der Waals surface area contributed by atoms with Crippen LogP contribution in [0.5, 0.6) is 0 Å². The van der Waals surface area contributed by atoms with Gasteiger partial charge in [-0.25, -0.2) is 0 Å². The van der Waals surface area contributed by atoms with Gasteiger partial charge in [-0.1, -0.05) is 18.6 Å². The molecule has 0 radical (unpaired) electrons. The molecule has 1 aromatic rings. The number of hydrogen-bond donors (Lipinski definition) is 1. The van der Waals surface area contributed by atoms with E-state index in [0.717, 1.165) is 44.3 Å². The lowest BCUT2D eigenvalue weighted by Gasteiger charge is -2.36. The first kappa shape index (κ1) is 17.3. The van der Waals surface area contributed by atoms with Gasteiger partial charge in [-0.15, -0.1) is 11.8 Å². The molecule has 130 valence electrons. The number of thioether (sulfide) groups is 1. The van der Waals surface area contributed by atoms with E-state index in [4.69, 9.17) is 0 Å². The summed E-state index contributed by atoms with van der Waals surface area (Å²) >= 11 is 1.72. The first-order chi connectivity index (χ1) is 11.7. The summed E-state index contributed by atoms with van der Waals surface area (Å²) in [6.45, 7) is 2.04. The van der Waals surface area contributed by atoms with E-state index in [2.05, 4.69) is 35.8 Å². The second-order valence-electron chi connectivity index (χ2n) is 6.79. The van der Waals surface area contributed by atoms with Crippen molar-refractivity contribution in [1.82, 2.24) is 10.2 Å². The molecule has 1 N–H and O–H groups in total. The lowest BCUT2D eigenvalue weighted by atomic mass is 9.83. The molecule has 1 aliphatic heterocycles. The second kappa shape index (κ2) is 8.06. The van der Waals surface area contributed by atoms with Crippen molar-refractivity contribution in [3.05, 3.63) is 29.8 Å². The maximum Gasteiger partial charge on any atom is 0.225 e. The van der Waals surface area contributed by atoms with Gasteiger partial charge in [-0.05, 0) is 49.6 Å². The SMILES string of the molecule is CSc1ccc(CNC(=O)C2CCN(C(=O)C3CCC3)CC2)cc1. The molecule has 24 heavy (non-hydrogen) atoms. The summed E-state index contributed by atoms with van der Waals surface area (Å²) in [6, 6.07) is 8.28. The van der Waals surface area contributed by atoms with Gasteiger partial charge in [0.1, 0.15) is 0 Å². The maximum absolute atomic E-state index is 12.4. The Morgan fingerprint density at radius 2 is 1.75 bits per heavy atom. The summed E-state index contributed by atoms with van der Waals surface area (Å²) in [5, 5.41) is 3.05. The molecule has 3 rings (SSSR count). The molecule has 0 aromatic heterocycles. The summed E-state index contributed by atoms with van der Waals surface area (Å²) in [7, 11) is 0. The van der Waals surface area contributed by atoms with E-state index in [1.807, 2.05) is 4.90 Å². The van der Waals surface area contributed by atoms with Gasteiger partial charge in [-0.2, -0.15) is 0 Å². The highest BCUT2D eigenvalue weighted by Gasteiger charge is 2.33. The highest BCUT2D eigenvalue weighted by atomic mass is 32.2. The van der Waals surface area contributed by atoms with Gasteiger partial charge in [0.05, 0.1) is 0 Å². The van der Waals surface area contributed by atoms with Gasteiger partial charge in [0.2, 0.25) is 11.8 Å². The highest BCUT2D eigenvalue weighted by molar-refractivity contribution is 7.98. The van der Waals surface area contributed by atoms with E-state index in [1.54, 1.807) is 11.8 Å². The number of amides is 2. The van der Waals surface area contributed by atoms with Gasteiger partial charge in [-0.3, -0.25) is 9.59 Å². The number of rotatable bonds is 5. The first-order valence-electron chi connectivity index (χ1n) is 8.87. The fourth-order valence-electron chi connectivity index (χ4n) is 3.35. The Kier molecular flexibility index (Phi) is 5.82. The average molecular weight is 346 g/mol. The van der Waals surface area contributed by atoms with Crippen LogP contribution in [0.15, 0.2) is 29.2 Å². The number of nitrogens with zero attached hydrogens (tertiary/aromatic N) is 1. The van der Waals surface area contributed by atoms with Crippen molar-refractivity contribution in [1.29, 1.82) is 0 Å². The topological polar surface area (TPSA) is 49.4 Å². The lowest BCUT2D eigenvalue weighted by Crippen LogP contribution is -2.46. The van der Waals surface area contributed by atoms with Crippen LogP contribution in [0.25, 0.3) is 0 Å². The molecule has 0 spiro atoms. The predicted octanol–water partition coefficient (Wildman–Crippen LogP) is 3.06. The number of carbonyl (C=O) groups is 2. The van der Waals surface area contributed by atoms with Crippen molar-refractivity contribution < 1.29 is 9.59 Å². The van der Waals surface area contributed by atoms with Crippen LogP contribution < -0.4 is 5.32 Å². The third-order valence-corrected chi connectivity index (χ3v) is 6.00. The van der Waals surface area contributed by atoms with Gasteiger partial charge >= 0.3 is 0 Å². The molecule has 1 saturated heterocycles. The average Bonchev–Trinajstić information content (AvgIpc) is 2.58. The first-order valence-corrected chi connectivity index (χ1v) is 10.1. The Morgan fingerprint density at radius 3 is 2.29 bits per heavy atom. The monoisotopic (exact) mass is 346 g/mol. The Morgan fingerprint density at radius 1 is 1.08 bits per heavy atom. The van der Waals surface area contributed by atoms with Crippen LogP contribution in [0, 0.1) is 11.8 Å². The second-order valence-corrected chi connectivity index (χ2v) is 7.67. The normalized spacial score (nSPS) is 19.0. The van der Waals surface area contributed by atoms with Crippen molar-refractivity contribution in [2.45, 2.75) is 43.5 Å². The molecule has 1 heterocycles. The molecule has 5 heteroatoms. The molecule has 2 aliphatic rings. The summed E-state index contributed by atoms with van der Waals surface area (Å²) in [5.41, 5.74) is 1.12. The molecule has 0 atom stereocenters. The van der Waals surface area contributed by atoms with Gasteiger partial charge < -0.3 is 10.2 Å². The molecule has 0 unspecified atom stereocenters. The quantitative estimate of drug-likeness (QED) is 0.834. The van der Waals surface area contributed by atoms with Crippen molar-refractivity contribution in [3.63, 3.8) is 0 Å². The van der Waals surface area contributed by atoms with E-state index in [9.17, 15) is 9.59 Å². The third-order valence-electron chi connectivity index (χ3n) is 5.26. The highest BCUT2D eigenvalue weighted by Crippen LogP contribution is 2.30. The van der Waals surface area contributed by atoms with Crippen LogP contribution in [0.3, 0.4) is 0 Å². The lowest BCUT2D eigenvalue weighted by molar-refractivity contribution is -0.141. The largest absolute Gasteiger partial charge is 0.352 e. The summed E-state index contributed by atoms with van der Waals surface area (Å²) in [6.07, 6.45) is 6.92. The molecular weight excluding hydrogens is 320 g/mol. The van der Waals surface area contributed by atoms with Crippen LogP contribution >= 0.6 is 11.8 Å². The number of hydrogen-bond acceptors (Lipinski definition) is 3. The molecule has 1 saturated carbocycles. The molecule has 2 fully saturated rings. The van der Waals surface area contributed by atoms with Crippen molar-refractivity contribution in [3.8, 4) is 0 Å². The third kappa shape index (κ3) is 4.12. The van der Waals surface area contributed by atoms with Crippen molar-refractivity contribution in [2.75, 3.05) is 19.3 Å². The molecule has 1 aromatic carbocycles. The number of carbonyl (C=O) groups excluding carboxylic acids is 2. The molecule has 1 aliphatic carbocycles. The van der Waals surface area contributed by atoms with Crippen molar-refractivity contribution in [2.24, 2.45) is 11.8 Å². The summed E-state index contributed by atoms with van der Waals surface area (Å²) in [5.74, 6) is 0.745. The van der Waals surface area contributed by atoms with E-state index in [0.29, 0.717) is 12.5 Å². The molecule has 2 amide bonds. The minimum absolute atomic E-state index is 0.0425. The predicted molar refractivity (Wildman–Crippen MR) is 96.7 cm³/mol. The van der Waals surface area contributed by atoms with Crippen LogP contribution in [0.2, 0.25) is 0 Å². The zero-order valence-electron chi connectivity index (χ0n) is 14.3. The molecule has 0 bridgehead atoms. The number of likely N-dealkylation sites (tertiary alicyclic amines) is 1. The molecule has 4 nitrogen and oxygen atoms in total. The number of nitrogens with one attached hydrogen (secondary N) is 1. The fourth-order valence-corrected chi connectivity index (χ4v) is 3.76. The van der Waals surface area contributed by atoms with E-state index in [1.165, 1.54) is 11.3 Å². The zero-order valence-corrected chi connectivity index (χ0v) is 15.1. The minimum atomic E-state index is 0.0425. The summed E-state index contributed by atoms with van der Waals surface area (Å²) < 4.78 is 0. The fraction of sp³-hybridized carbons (Fsp3) is 0.579. The zero-order chi connectivity index (χ0) is 16.9. The van der Waals surface area contributed by atoms with Crippen LogP contribution in [0.1, 0.15) is 37.7 Å². The van der Waals surface area contributed by atoms with Gasteiger partial charge in [0.15, 0.2) is 0 Å². The van der Waals surface area contributed by atoms with Gasteiger partial charge in [0, 0.05) is 36.4 Å². The Balaban J connectivity index is 1.42. The number of piperidine rings is 1. The van der Waals surface area contributed by atoms with E-state index >= 15 is 0 Å². The van der Waals surface area contributed by atoms with Gasteiger partial charge in [0.25, 0.3) is 0 Å². The van der Waals surface area contributed by atoms with E-state index < -0.39 is 0 Å². The number of benzene rings is 1. The van der Waals surface area contributed by atoms with Crippen LogP contribution in [-0.2, 0) is 16.1 Å². The van der Waals surface area contributed by atoms with E-state index in [-0.39, 0.29) is 17.7 Å². The standard InChI is InChI=1S/C19H26N2O2S/c1-24-17-7-5-14(6-8-17)13-20-18(22)15-9-11-21(12-10-15)19(23)16-3-2-4-16/h5-8,15-16H,2-4,9-13H2,1H3,(H,20,22). The Hall–Kier alpha value is -1.49. The minimum Gasteiger partial charge on any atom is -0.352 e. The Bertz CT molecular complexity index is 576. The smallest absolute Gasteiger partial charge is 0.225 e. The van der Waals surface area contributed by atoms with Crippen LogP contribution in [0.4, 0.5) is 0 Å². The molecular formula is C19H26N2O2S. The maximum atomic E-state index is 12.4. The van der Waals surface area contributed by atoms with Crippen LogP contribution in [-0.4, -0.2) is 36.1 Å². The Labute approximate surface area is 148 Å². The van der Waals surface area contributed by atoms with Crippen molar-refractivity contribution >= 4 is 23.6 Å². The summed E-state index contributed by atoms with van der Waals surface area (Å²) in [4.78, 5) is 27.8.